The van der Waals surface area contributed by atoms with E-state index in [1.165, 1.54) is 11.8 Å². The fourth-order valence-corrected chi connectivity index (χ4v) is 5.15. The molecule has 34 heavy (non-hydrogen) atoms. The fourth-order valence-electron chi connectivity index (χ4n) is 2.82. The van der Waals surface area contributed by atoms with Crippen LogP contribution in [0, 0.1) is 0 Å². The Kier molecular flexibility index (Phi) is 10.6. The summed E-state index contributed by atoms with van der Waals surface area (Å²) in [7, 11) is 1.55. The minimum absolute atomic E-state index is 0.180. The lowest BCUT2D eigenvalue weighted by molar-refractivity contribution is -0.118. The number of benzene rings is 3. The molecular formula is C24H20Br2Cl2N2O3S. The third kappa shape index (κ3) is 7.92. The molecule has 1 N–H and O–H groups in total. The maximum atomic E-state index is 12.1. The second-order valence-electron chi connectivity index (χ2n) is 6.95. The molecule has 0 aromatic heterocycles. The number of carbonyl (C=O) groups is 1. The van der Waals surface area contributed by atoms with Crippen LogP contribution in [0.1, 0.15) is 16.7 Å². The van der Waals surface area contributed by atoms with E-state index in [0.717, 1.165) is 26.9 Å². The number of hydrazone groups is 1. The van der Waals surface area contributed by atoms with Crippen molar-refractivity contribution in [2.75, 3.05) is 12.9 Å². The van der Waals surface area contributed by atoms with Crippen LogP contribution in [0.25, 0.3) is 0 Å². The Morgan fingerprint density at radius 2 is 1.88 bits per heavy atom. The second kappa shape index (κ2) is 13.4. The van der Waals surface area contributed by atoms with Crippen molar-refractivity contribution in [2.45, 2.75) is 12.4 Å². The van der Waals surface area contributed by atoms with E-state index in [0.29, 0.717) is 31.8 Å². The first-order chi connectivity index (χ1) is 16.4. The zero-order valence-corrected chi connectivity index (χ0v) is 23.5. The summed E-state index contributed by atoms with van der Waals surface area (Å²) >= 11 is 20.6. The maximum Gasteiger partial charge on any atom is 0.250 e. The Morgan fingerprint density at radius 1 is 1.09 bits per heavy atom. The van der Waals surface area contributed by atoms with E-state index in [1.54, 1.807) is 31.5 Å². The van der Waals surface area contributed by atoms with E-state index >= 15 is 0 Å². The number of nitrogens with one attached hydrogen (secondary N) is 1. The molecule has 5 nitrogen and oxygen atoms in total. The predicted octanol–water partition coefficient (Wildman–Crippen LogP) is 7.49. The predicted molar refractivity (Wildman–Crippen MR) is 148 cm³/mol. The summed E-state index contributed by atoms with van der Waals surface area (Å²) in [5, 5.41) is 5.01. The monoisotopic (exact) mass is 644 g/mol. The van der Waals surface area contributed by atoms with Gasteiger partial charge in [-0.3, -0.25) is 4.79 Å². The lowest BCUT2D eigenvalue weighted by Crippen LogP contribution is -2.19. The van der Waals surface area contributed by atoms with Crippen LogP contribution in [0.3, 0.4) is 0 Å². The first-order valence-corrected chi connectivity index (χ1v) is 13.4. The smallest absolute Gasteiger partial charge is 0.250 e. The Bertz CT molecular complexity index is 1190. The molecule has 0 radical (unpaired) electrons. The van der Waals surface area contributed by atoms with Gasteiger partial charge in [-0.2, -0.15) is 5.10 Å². The molecule has 0 saturated carbocycles. The van der Waals surface area contributed by atoms with Crippen LogP contribution in [0.4, 0.5) is 0 Å². The first kappa shape index (κ1) is 26.9. The molecule has 178 valence electrons. The number of thioether (sulfide) groups is 1. The van der Waals surface area contributed by atoms with Crippen LogP contribution in [-0.2, 0) is 17.2 Å². The molecule has 0 fully saturated rings. The molecule has 0 aliphatic carbocycles. The van der Waals surface area contributed by atoms with Gasteiger partial charge < -0.3 is 9.47 Å². The Morgan fingerprint density at radius 3 is 2.62 bits per heavy atom. The van der Waals surface area contributed by atoms with E-state index in [-0.39, 0.29) is 12.5 Å². The van der Waals surface area contributed by atoms with E-state index in [4.69, 9.17) is 32.7 Å². The SMILES string of the molecule is COc1cc(/C=N\NC(=O)CSCc2ccccc2Br)cc(Br)c1OCc1ccc(Cl)c(Cl)c1. The van der Waals surface area contributed by atoms with Crippen molar-refractivity contribution in [1.29, 1.82) is 0 Å². The summed E-state index contributed by atoms with van der Waals surface area (Å²) < 4.78 is 13.1. The lowest BCUT2D eigenvalue weighted by Gasteiger charge is -2.14. The van der Waals surface area contributed by atoms with Gasteiger partial charge in [0.05, 0.1) is 33.6 Å². The van der Waals surface area contributed by atoms with Crippen LogP contribution >= 0.6 is 66.8 Å². The van der Waals surface area contributed by atoms with Crippen LogP contribution in [0.2, 0.25) is 10.0 Å². The Labute approximate surface area is 229 Å². The number of hydrogen-bond donors (Lipinski definition) is 1. The standard InChI is InChI=1S/C24H20Br2Cl2N2O3S/c1-32-22-10-16(8-19(26)24(22)33-12-15-6-7-20(27)21(28)9-15)11-29-30-23(31)14-34-13-17-4-2-3-5-18(17)25/h2-11H,12-14H2,1H3,(H,30,31)/b29-11-. The van der Waals surface area contributed by atoms with Crippen LogP contribution in [0.15, 0.2) is 68.6 Å². The Hall–Kier alpha value is -1.71. The highest BCUT2D eigenvalue weighted by atomic mass is 79.9. The molecule has 3 rings (SSSR count). The molecule has 3 aromatic rings. The number of ether oxygens (including phenoxy) is 2. The molecule has 0 aliphatic rings. The lowest BCUT2D eigenvalue weighted by atomic mass is 10.2. The van der Waals surface area contributed by atoms with Gasteiger partial charge in [-0.25, -0.2) is 5.43 Å². The van der Waals surface area contributed by atoms with Gasteiger partial charge in [0.1, 0.15) is 6.61 Å². The average molecular weight is 647 g/mol. The number of nitrogens with zero attached hydrogens (tertiary/aromatic N) is 1. The van der Waals surface area contributed by atoms with Crippen LogP contribution in [-0.4, -0.2) is 25.0 Å². The minimum atomic E-state index is -0.180. The molecular weight excluding hydrogens is 627 g/mol. The van der Waals surface area contributed by atoms with E-state index < -0.39 is 0 Å². The summed E-state index contributed by atoms with van der Waals surface area (Å²) in [4.78, 5) is 12.1. The molecule has 3 aromatic carbocycles. The van der Waals surface area contributed by atoms with Crippen LogP contribution < -0.4 is 14.9 Å². The van der Waals surface area contributed by atoms with Crippen molar-refractivity contribution < 1.29 is 14.3 Å². The summed E-state index contributed by atoms with van der Waals surface area (Å²) in [6.07, 6.45) is 1.55. The van der Waals surface area contributed by atoms with Gasteiger partial charge in [-0.15, -0.1) is 11.8 Å². The van der Waals surface area contributed by atoms with Crippen LogP contribution in [0.5, 0.6) is 11.5 Å². The Balaban J connectivity index is 1.55. The third-order valence-electron chi connectivity index (χ3n) is 4.47. The highest BCUT2D eigenvalue weighted by Gasteiger charge is 2.12. The largest absolute Gasteiger partial charge is 0.493 e. The van der Waals surface area contributed by atoms with Crippen molar-refractivity contribution in [2.24, 2.45) is 5.10 Å². The van der Waals surface area contributed by atoms with Gasteiger partial charge >= 0.3 is 0 Å². The number of hydrogen-bond acceptors (Lipinski definition) is 5. The number of carbonyl (C=O) groups excluding carboxylic acids is 1. The zero-order chi connectivity index (χ0) is 24.5. The first-order valence-electron chi connectivity index (χ1n) is 9.94. The quantitative estimate of drug-likeness (QED) is 0.183. The van der Waals surface area contributed by atoms with Crippen molar-refractivity contribution in [3.05, 3.63) is 90.3 Å². The maximum absolute atomic E-state index is 12.1. The van der Waals surface area contributed by atoms with Gasteiger partial charge in [0, 0.05) is 10.2 Å². The molecule has 0 spiro atoms. The van der Waals surface area contributed by atoms with Crippen molar-refractivity contribution >= 4 is 78.9 Å². The molecule has 0 heterocycles. The van der Waals surface area contributed by atoms with Gasteiger partial charge in [0.25, 0.3) is 0 Å². The fraction of sp³-hybridized carbons (Fsp3) is 0.167. The molecule has 0 bridgehead atoms. The van der Waals surface area contributed by atoms with E-state index in [2.05, 4.69) is 42.4 Å². The number of halogens is 4. The highest BCUT2D eigenvalue weighted by Crippen LogP contribution is 2.37. The molecule has 1 amide bonds. The summed E-state index contributed by atoms with van der Waals surface area (Å²) in [5.41, 5.74) is 5.29. The van der Waals surface area contributed by atoms with Gasteiger partial charge in [0.15, 0.2) is 11.5 Å². The molecule has 10 heteroatoms. The second-order valence-corrected chi connectivity index (χ2v) is 10.5. The molecule has 0 aliphatic heterocycles. The summed E-state index contributed by atoms with van der Waals surface area (Å²) in [5.74, 6) is 1.91. The van der Waals surface area contributed by atoms with Crippen molar-refractivity contribution in [3.8, 4) is 11.5 Å². The van der Waals surface area contributed by atoms with E-state index in [1.807, 2.05) is 36.4 Å². The average Bonchev–Trinajstić information content (AvgIpc) is 2.81. The third-order valence-corrected chi connectivity index (χ3v) is 7.55. The van der Waals surface area contributed by atoms with E-state index in [9.17, 15) is 4.79 Å². The summed E-state index contributed by atoms with van der Waals surface area (Å²) in [6, 6.07) is 16.9. The van der Waals surface area contributed by atoms with Gasteiger partial charge in [-0.1, -0.05) is 63.4 Å². The zero-order valence-electron chi connectivity index (χ0n) is 18.0. The molecule has 0 unspecified atom stereocenters. The highest BCUT2D eigenvalue weighted by molar-refractivity contribution is 9.10. The number of rotatable bonds is 10. The normalized spacial score (nSPS) is 11.0. The van der Waals surface area contributed by atoms with Crippen molar-refractivity contribution in [3.63, 3.8) is 0 Å². The minimum Gasteiger partial charge on any atom is -0.493 e. The topological polar surface area (TPSA) is 59.9 Å². The van der Waals surface area contributed by atoms with Gasteiger partial charge in [0.2, 0.25) is 5.91 Å². The van der Waals surface area contributed by atoms with Gasteiger partial charge in [-0.05, 0) is 63.0 Å². The summed E-state index contributed by atoms with van der Waals surface area (Å²) in [6.45, 7) is 0.284. The molecule has 0 saturated heterocycles. The van der Waals surface area contributed by atoms with Crippen molar-refractivity contribution in [1.82, 2.24) is 5.43 Å². The molecule has 0 atom stereocenters. The number of amides is 1. The number of methoxy groups -OCH3 is 1.